The molecule has 5 nitrogen and oxygen atoms in total. The maximum Gasteiger partial charge on any atom is 0.224 e. The minimum atomic E-state index is -0.579. The minimum Gasteiger partial charge on any atom is -0.370 e. The Morgan fingerprint density at radius 2 is 2.05 bits per heavy atom. The topological polar surface area (TPSA) is 61.3 Å². The van der Waals surface area contributed by atoms with E-state index in [0.29, 0.717) is 12.0 Å². The van der Waals surface area contributed by atoms with Gasteiger partial charge in [0.1, 0.15) is 12.0 Å². The van der Waals surface area contributed by atoms with Crippen LogP contribution in [0, 0.1) is 6.92 Å². The molecule has 2 aliphatic rings. The van der Waals surface area contributed by atoms with Crippen molar-refractivity contribution < 1.29 is 5.11 Å². The Kier molecular flexibility index (Phi) is 4.10. The Morgan fingerprint density at radius 3 is 2.76 bits per heavy atom. The van der Waals surface area contributed by atoms with Gasteiger partial charge in [0.05, 0.1) is 5.69 Å². The molecule has 0 spiro atoms. The van der Waals surface area contributed by atoms with Crippen LogP contribution in [0.25, 0.3) is 6.08 Å². The molecule has 2 heterocycles. The summed E-state index contributed by atoms with van der Waals surface area (Å²) in [5, 5.41) is 13.6. The molecule has 1 aliphatic carbocycles. The van der Waals surface area contributed by atoms with E-state index in [-0.39, 0.29) is 0 Å². The van der Waals surface area contributed by atoms with Gasteiger partial charge in [-0.15, -0.1) is 0 Å². The van der Waals surface area contributed by atoms with Gasteiger partial charge >= 0.3 is 0 Å². The molecule has 0 radical (unpaired) electrons. The number of aliphatic hydroxyl groups excluding tert-OH is 1. The third-order valence-electron chi connectivity index (χ3n) is 4.38. The lowest BCUT2D eigenvalue weighted by molar-refractivity contribution is 0.191. The van der Waals surface area contributed by atoms with Crippen LogP contribution in [-0.4, -0.2) is 33.9 Å². The number of hydrogen-bond donors (Lipinski definition) is 2. The van der Waals surface area contributed by atoms with Crippen LogP contribution in [0.5, 0.6) is 0 Å². The van der Waals surface area contributed by atoms with Crippen LogP contribution in [0.15, 0.2) is 6.08 Å². The highest BCUT2D eigenvalue weighted by molar-refractivity contribution is 5.71. The third-order valence-corrected chi connectivity index (χ3v) is 4.38. The zero-order valence-corrected chi connectivity index (χ0v) is 12.8. The molecule has 1 unspecified atom stereocenters. The van der Waals surface area contributed by atoms with Crippen LogP contribution in [0.3, 0.4) is 0 Å². The maximum atomic E-state index is 10.4. The molecule has 1 aromatic rings. The second-order valence-corrected chi connectivity index (χ2v) is 5.87. The van der Waals surface area contributed by atoms with Crippen LogP contribution in [0.2, 0.25) is 0 Å². The number of aliphatic hydroxyl groups is 1. The Balaban J connectivity index is 2.00. The normalized spacial score (nSPS) is 22.2. The van der Waals surface area contributed by atoms with E-state index in [1.807, 2.05) is 26.0 Å². The molecular weight excluding hydrogens is 264 g/mol. The molecule has 114 valence electrons. The van der Waals surface area contributed by atoms with Crippen LogP contribution in [0.4, 0.5) is 11.8 Å². The van der Waals surface area contributed by atoms with Gasteiger partial charge in [-0.3, -0.25) is 0 Å². The SMILES string of the molecule is CCNc1nc(C)c2c(n1)N(C1CCCCC1)C(O)C=C2. The average molecular weight is 288 g/mol. The number of rotatable bonds is 3. The van der Waals surface area contributed by atoms with Gasteiger partial charge in [-0.25, -0.2) is 4.98 Å². The van der Waals surface area contributed by atoms with Gasteiger partial charge in [0.2, 0.25) is 5.95 Å². The van der Waals surface area contributed by atoms with Crippen molar-refractivity contribution in [3.63, 3.8) is 0 Å². The fraction of sp³-hybridized carbons (Fsp3) is 0.625. The first kappa shape index (κ1) is 14.3. The molecule has 1 fully saturated rings. The molecule has 1 aromatic heterocycles. The number of nitrogens with one attached hydrogen (secondary N) is 1. The van der Waals surface area contributed by atoms with Gasteiger partial charge in [0.15, 0.2) is 0 Å². The lowest BCUT2D eigenvalue weighted by Crippen LogP contribution is -2.46. The standard InChI is InChI=1S/C16H24N4O/c1-3-17-16-18-11(2)13-9-10-14(21)20(15(13)19-16)12-7-5-4-6-8-12/h9-10,12,14,21H,3-8H2,1-2H3,(H,17,18,19). The molecule has 0 saturated heterocycles. The Labute approximate surface area is 126 Å². The zero-order chi connectivity index (χ0) is 14.8. The third kappa shape index (κ3) is 2.75. The molecular formula is C16H24N4O. The van der Waals surface area contributed by atoms with Crippen LogP contribution >= 0.6 is 0 Å². The van der Waals surface area contributed by atoms with Gasteiger partial charge < -0.3 is 15.3 Å². The molecule has 0 amide bonds. The Hall–Kier alpha value is -1.62. The summed E-state index contributed by atoms with van der Waals surface area (Å²) < 4.78 is 0. The van der Waals surface area contributed by atoms with Crippen molar-refractivity contribution in [1.82, 2.24) is 9.97 Å². The Morgan fingerprint density at radius 1 is 1.29 bits per heavy atom. The molecule has 5 heteroatoms. The van der Waals surface area contributed by atoms with Crippen molar-refractivity contribution >= 4 is 17.8 Å². The van der Waals surface area contributed by atoms with Gasteiger partial charge in [-0.1, -0.05) is 19.3 Å². The van der Waals surface area contributed by atoms with Gasteiger partial charge in [-0.05, 0) is 38.8 Å². The van der Waals surface area contributed by atoms with Crippen molar-refractivity contribution in [3.05, 3.63) is 17.3 Å². The minimum absolute atomic E-state index is 0.376. The number of fused-ring (bicyclic) bond motifs is 1. The zero-order valence-electron chi connectivity index (χ0n) is 12.8. The summed E-state index contributed by atoms with van der Waals surface area (Å²) in [4.78, 5) is 11.2. The number of nitrogens with zero attached hydrogens (tertiary/aromatic N) is 3. The first-order valence-corrected chi connectivity index (χ1v) is 7.98. The fourth-order valence-corrected chi connectivity index (χ4v) is 3.34. The quantitative estimate of drug-likeness (QED) is 0.895. The highest BCUT2D eigenvalue weighted by Crippen LogP contribution is 2.35. The number of anilines is 2. The summed E-state index contributed by atoms with van der Waals surface area (Å²) in [6.45, 7) is 4.83. The predicted octanol–water partition coefficient (Wildman–Crippen LogP) is 2.70. The molecule has 0 aromatic carbocycles. The first-order valence-electron chi connectivity index (χ1n) is 7.98. The van der Waals surface area contributed by atoms with Crippen molar-refractivity contribution in [2.45, 2.75) is 58.2 Å². The maximum absolute atomic E-state index is 10.4. The highest BCUT2D eigenvalue weighted by Gasteiger charge is 2.31. The van der Waals surface area contributed by atoms with Crippen molar-refractivity contribution in [3.8, 4) is 0 Å². The Bertz CT molecular complexity index is 537. The summed E-state index contributed by atoms with van der Waals surface area (Å²) in [5.74, 6) is 1.53. The van der Waals surface area contributed by atoms with E-state index in [9.17, 15) is 5.11 Å². The van der Waals surface area contributed by atoms with E-state index in [4.69, 9.17) is 0 Å². The molecule has 21 heavy (non-hydrogen) atoms. The predicted molar refractivity (Wildman–Crippen MR) is 85.3 cm³/mol. The van der Waals surface area contributed by atoms with E-state index in [2.05, 4.69) is 20.2 Å². The van der Waals surface area contributed by atoms with E-state index in [1.165, 1.54) is 19.3 Å². The van der Waals surface area contributed by atoms with Gasteiger partial charge in [0.25, 0.3) is 0 Å². The van der Waals surface area contributed by atoms with E-state index in [0.717, 1.165) is 36.5 Å². The molecule has 1 aliphatic heterocycles. The van der Waals surface area contributed by atoms with Crippen molar-refractivity contribution in [2.75, 3.05) is 16.8 Å². The number of hydrogen-bond acceptors (Lipinski definition) is 5. The van der Waals surface area contributed by atoms with Crippen LogP contribution in [-0.2, 0) is 0 Å². The van der Waals surface area contributed by atoms with Gasteiger partial charge in [-0.2, -0.15) is 4.98 Å². The number of aryl methyl sites for hydroxylation is 1. The average Bonchev–Trinajstić information content (AvgIpc) is 2.48. The summed E-state index contributed by atoms with van der Waals surface area (Å²) in [6, 6.07) is 0.376. The van der Waals surface area contributed by atoms with E-state index >= 15 is 0 Å². The van der Waals surface area contributed by atoms with E-state index < -0.39 is 6.23 Å². The van der Waals surface area contributed by atoms with Crippen molar-refractivity contribution in [1.29, 1.82) is 0 Å². The first-order chi connectivity index (χ1) is 10.2. The molecule has 2 N–H and O–H groups in total. The molecule has 3 rings (SSSR count). The van der Waals surface area contributed by atoms with Crippen LogP contribution < -0.4 is 10.2 Å². The smallest absolute Gasteiger partial charge is 0.224 e. The molecule has 0 bridgehead atoms. The largest absolute Gasteiger partial charge is 0.370 e. The fourth-order valence-electron chi connectivity index (χ4n) is 3.34. The summed E-state index contributed by atoms with van der Waals surface area (Å²) in [6.07, 6.45) is 9.24. The van der Waals surface area contributed by atoms with Crippen LogP contribution in [0.1, 0.15) is 50.3 Å². The lowest BCUT2D eigenvalue weighted by atomic mass is 9.93. The second-order valence-electron chi connectivity index (χ2n) is 5.87. The summed E-state index contributed by atoms with van der Waals surface area (Å²) in [7, 11) is 0. The lowest BCUT2D eigenvalue weighted by Gasteiger charge is -2.40. The van der Waals surface area contributed by atoms with Crippen molar-refractivity contribution in [2.24, 2.45) is 0 Å². The monoisotopic (exact) mass is 288 g/mol. The van der Waals surface area contributed by atoms with E-state index in [1.54, 1.807) is 0 Å². The second kappa shape index (κ2) is 6.02. The number of aromatic nitrogens is 2. The highest BCUT2D eigenvalue weighted by atomic mass is 16.3. The summed E-state index contributed by atoms with van der Waals surface area (Å²) >= 11 is 0. The molecule has 1 atom stereocenters. The molecule has 1 saturated carbocycles. The van der Waals surface area contributed by atoms with Gasteiger partial charge in [0, 0.05) is 18.2 Å². The summed E-state index contributed by atoms with van der Waals surface area (Å²) in [5.41, 5.74) is 1.99.